The second kappa shape index (κ2) is 4.88. The first kappa shape index (κ1) is 12.4. The summed E-state index contributed by atoms with van der Waals surface area (Å²) in [5.74, 6) is 0. The fourth-order valence-corrected chi connectivity index (χ4v) is 1.22. The van der Waals surface area contributed by atoms with Crippen LogP contribution in [-0.4, -0.2) is 27.2 Å². The first-order valence-corrected chi connectivity index (χ1v) is 4.53. The predicted octanol–water partition coefficient (Wildman–Crippen LogP) is -1.07. The minimum atomic E-state index is -1.80. The average molecular weight is 241 g/mol. The lowest BCUT2D eigenvalue weighted by molar-refractivity contribution is -0.384. The van der Waals surface area contributed by atoms with Gasteiger partial charge in [-0.05, 0) is 23.7 Å². The van der Waals surface area contributed by atoms with E-state index in [1.807, 2.05) is 0 Å². The predicted molar refractivity (Wildman–Crippen MR) is 63.3 cm³/mol. The van der Waals surface area contributed by atoms with Crippen LogP contribution in [0, 0.1) is 10.1 Å². The largest absolute Gasteiger partial charge is 0.488 e. The number of nitro groups is 1. The molecule has 0 bridgehead atoms. The Bertz CT molecular complexity index is 440. The summed E-state index contributed by atoms with van der Waals surface area (Å²) in [5.41, 5.74) is 5.12. The second-order valence-electron chi connectivity index (χ2n) is 2.93. The van der Waals surface area contributed by atoms with Gasteiger partial charge in [0.2, 0.25) is 0 Å². The van der Waals surface area contributed by atoms with Gasteiger partial charge < -0.3 is 21.1 Å². The van der Waals surface area contributed by atoms with E-state index in [2.05, 4.69) is 17.5 Å². The molecule has 0 fully saturated rings. The highest BCUT2D eigenvalue weighted by Crippen LogP contribution is 2.15. The molecule has 9 heteroatoms. The number of rotatable bonds is 3. The van der Waals surface area contributed by atoms with Gasteiger partial charge in [0.1, 0.15) is 0 Å². The molecule has 0 heterocycles. The molecular formula is C7H8BN3O4S. The molecule has 0 aromatic heterocycles. The molecule has 0 aliphatic rings. The monoisotopic (exact) mass is 241 g/mol. The van der Waals surface area contributed by atoms with Crippen LogP contribution in [0.3, 0.4) is 0 Å². The molecule has 5 N–H and O–H groups in total. The van der Waals surface area contributed by atoms with Gasteiger partial charge in [0, 0.05) is 17.8 Å². The third-order valence-electron chi connectivity index (χ3n) is 1.72. The Hall–Kier alpha value is -1.71. The van der Waals surface area contributed by atoms with Crippen LogP contribution in [0.5, 0.6) is 0 Å². The number of nitrogens with one attached hydrogen (secondary N) is 1. The third kappa shape index (κ3) is 3.16. The van der Waals surface area contributed by atoms with Crippen molar-refractivity contribution in [2.45, 2.75) is 0 Å². The number of benzene rings is 1. The molecule has 0 saturated heterocycles. The number of thiocarbonyl (C=S) groups is 1. The molecule has 0 unspecified atom stereocenters. The van der Waals surface area contributed by atoms with Crippen molar-refractivity contribution < 1.29 is 15.0 Å². The van der Waals surface area contributed by atoms with Crippen molar-refractivity contribution in [3.05, 3.63) is 28.3 Å². The number of non-ortho nitro benzene ring substituents is 1. The molecule has 0 atom stereocenters. The van der Waals surface area contributed by atoms with Crippen LogP contribution in [0.1, 0.15) is 0 Å². The lowest BCUT2D eigenvalue weighted by Gasteiger charge is -2.06. The van der Waals surface area contributed by atoms with E-state index >= 15 is 0 Å². The van der Waals surface area contributed by atoms with Crippen molar-refractivity contribution in [1.29, 1.82) is 0 Å². The van der Waals surface area contributed by atoms with Gasteiger partial charge in [0.05, 0.1) is 4.92 Å². The van der Waals surface area contributed by atoms with E-state index in [4.69, 9.17) is 15.8 Å². The average Bonchev–Trinajstić information content (AvgIpc) is 2.15. The van der Waals surface area contributed by atoms with Crippen LogP contribution in [0.25, 0.3) is 0 Å². The molecule has 0 saturated carbocycles. The maximum absolute atomic E-state index is 10.6. The number of hydrogen-bond donors (Lipinski definition) is 4. The number of anilines is 1. The van der Waals surface area contributed by atoms with Gasteiger partial charge in [0.15, 0.2) is 5.11 Å². The van der Waals surface area contributed by atoms with E-state index in [9.17, 15) is 10.1 Å². The Kier molecular flexibility index (Phi) is 3.77. The molecule has 16 heavy (non-hydrogen) atoms. The Balaban J connectivity index is 3.18. The van der Waals surface area contributed by atoms with E-state index in [1.54, 1.807) is 0 Å². The minimum Gasteiger partial charge on any atom is -0.423 e. The topological polar surface area (TPSA) is 122 Å². The van der Waals surface area contributed by atoms with Crippen LogP contribution < -0.4 is 16.5 Å². The molecule has 84 valence electrons. The Morgan fingerprint density at radius 2 is 2.12 bits per heavy atom. The van der Waals surface area contributed by atoms with Gasteiger partial charge in [-0.1, -0.05) is 0 Å². The van der Waals surface area contributed by atoms with Crippen LogP contribution >= 0.6 is 12.2 Å². The number of hydrogen-bond acceptors (Lipinski definition) is 5. The molecule has 1 rings (SSSR count). The molecule has 1 aromatic carbocycles. The van der Waals surface area contributed by atoms with Crippen LogP contribution in [0.4, 0.5) is 11.4 Å². The van der Waals surface area contributed by atoms with Crippen LogP contribution in [0.15, 0.2) is 18.2 Å². The fourth-order valence-electron chi connectivity index (χ4n) is 1.10. The maximum atomic E-state index is 10.6. The Morgan fingerprint density at radius 3 is 2.56 bits per heavy atom. The summed E-state index contributed by atoms with van der Waals surface area (Å²) < 4.78 is 0. The summed E-state index contributed by atoms with van der Waals surface area (Å²) in [5, 5.41) is 30.8. The summed E-state index contributed by atoms with van der Waals surface area (Å²) in [6.45, 7) is 0. The Labute approximate surface area is 96.2 Å². The van der Waals surface area contributed by atoms with Crippen LogP contribution in [0.2, 0.25) is 0 Å². The summed E-state index contributed by atoms with van der Waals surface area (Å²) in [6.07, 6.45) is 0. The lowest BCUT2D eigenvalue weighted by atomic mass is 9.80. The standard InChI is InChI=1S/C7H8BN3O4S/c9-7(16)10-5-1-4(8(12)13)2-6(3-5)11(14)15/h1-3,12-13H,(H3,9,10,16). The quantitative estimate of drug-likeness (QED) is 0.230. The zero-order valence-electron chi connectivity index (χ0n) is 7.95. The summed E-state index contributed by atoms with van der Waals surface area (Å²) >= 11 is 4.57. The summed E-state index contributed by atoms with van der Waals surface area (Å²) in [4.78, 5) is 9.91. The summed E-state index contributed by atoms with van der Waals surface area (Å²) in [6, 6.07) is 3.54. The van der Waals surface area contributed by atoms with E-state index in [0.717, 1.165) is 6.07 Å². The zero-order valence-corrected chi connectivity index (χ0v) is 8.77. The first-order valence-electron chi connectivity index (χ1n) is 4.12. The molecule has 1 aromatic rings. The molecule has 0 spiro atoms. The third-order valence-corrected chi connectivity index (χ3v) is 1.82. The van der Waals surface area contributed by atoms with Gasteiger partial charge in [0.25, 0.3) is 5.69 Å². The minimum absolute atomic E-state index is 0.0204. The zero-order chi connectivity index (χ0) is 12.3. The second-order valence-corrected chi connectivity index (χ2v) is 3.37. The van der Waals surface area contributed by atoms with E-state index in [-0.39, 0.29) is 22.0 Å². The van der Waals surface area contributed by atoms with Gasteiger partial charge in [-0.2, -0.15) is 0 Å². The van der Waals surface area contributed by atoms with Crippen molar-refractivity contribution in [3.63, 3.8) is 0 Å². The van der Waals surface area contributed by atoms with Crippen molar-refractivity contribution in [2.24, 2.45) is 5.73 Å². The van der Waals surface area contributed by atoms with Crippen molar-refractivity contribution in [2.75, 3.05) is 5.32 Å². The fraction of sp³-hybridized carbons (Fsp3) is 0. The van der Waals surface area contributed by atoms with E-state index in [0.29, 0.717) is 0 Å². The highest BCUT2D eigenvalue weighted by molar-refractivity contribution is 7.80. The van der Waals surface area contributed by atoms with E-state index in [1.165, 1.54) is 12.1 Å². The lowest BCUT2D eigenvalue weighted by Crippen LogP contribution is -2.31. The SMILES string of the molecule is NC(=S)Nc1cc(B(O)O)cc([N+](=O)[O-])c1. The van der Waals surface area contributed by atoms with Gasteiger partial charge in [-0.3, -0.25) is 10.1 Å². The highest BCUT2D eigenvalue weighted by atomic mass is 32.1. The van der Waals surface area contributed by atoms with Crippen LogP contribution in [-0.2, 0) is 0 Å². The highest BCUT2D eigenvalue weighted by Gasteiger charge is 2.17. The van der Waals surface area contributed by atoms with Crippen molar-refractivity contribution in [3.8, 4) is 0 Å². The summed E-state index contributed by atoms with van der Waals surface area (Å²) in [7, 11) is -1.80. The maximum Gasteiger partial charge on any atom is 0.488 e. The molecule has 0 aliphatic carbocycles. The van der Waals surface area contributed by atoms with E-state index < -0.39 is 12.0 Å². The van der Waals surface area contributed by atoms with Gasteiger partial charge >= 0.3 is 7.12 Å². The molecule has 0 aliphatic heterocycles. The first-order chi connectivity index (χ1) is 7.40. The molecule has 7 nitrogen and oxygen atoms in total. The number of nitrogens with two attached hydrogens (primary N) is 1. The van der Waals surface area contributed by atoms with Crippen molar-refractivity contribution >= 4 is 41.3 Å². The molecular weight excluding hydrogens is 233 g/mol. The Morgan fingerprint density at radius 1 is 1.50 bits per heavy atom. The molecule has 0 radical (unpaired) electrons. The number of nitrogens with zero attached hydrogens (tertiary/aromatic N) is 1. The smallest absolute Gasteiger partial charge is 0.423 e. The normalized spacial score (nSPS) is 9.62. The van der Waals surface area contributed by atoms with Gasteiger partial charge in [-0.15, -0.1) is 0 Å². The van der Waals surface area contributed by atoms with Gasteiger partial charge in [-0.25, -0.2) is 0 Å². The molecule has 0 amide bonds. The number of nitro benzene ring substituents is 1. The van der Waals surface area contributed by atoms with Crippen molar-refractivity contribution in [1.82, 2.24) is 0 Å².